The number of sulfonamides is 1. The van der Waals surface area contributed by atoms with E-state index >= 15 is 0 Å². The molecule has 3 aliphatic rings. The standard InChI is InChI=1S/C18H33N3O3S/c1-20(10-8-19-25(2,23)24)13-15-5-3-9-21(14-15)17(22)16-11-18(12-16)6-4-7-18/h15-16,19H,3-14H2,1-2H3. The minimum atomic E-state index is -3.12. The predicted octanol–water partition coefficient (Wildman–Crippen LogP) is 1.29. The van der Waals surface area contributed by atoms with Gasteiger partial charge in [0.05, 0.1) is 6.26 Å². The van der Waals surface area contributed by atoms with Crippen LogP contribution in [0.15, 0.2) is 0 Å². The summed E-state index contributed by atoms with van der Waals surface area (Å²) < 4.78 is 24.8. The largest absolute Gasteiger partial charge is 0.342 e. The number of likely N-dealkylation sites (tertiary alicyclic amines) is 1. The predicted molar refractivity (Wildman–Crippen MR) is 98.7 cm³/mol. The molecular weight excluding hydrogens is 338 g/mol. The second kappa shape index (κ2) is 7.53. The molecule has 6 nitrogen and oxygen atoms in total. The van der Waals surface area contributed by atoms with Crippen molar-refractivity contribution in [3.05, 3.63) is 0 Å². The second-order valence-electron chi connectivity index (χ2n) is 8.68. The van der Waals surface area contributed by atoms with E-state index in [2.05, 4.69) is 14.5 Å². The third-order valence-electron chi connectivity index (χ3n) is 6.38. The Morgan fingerprint density at radius 2 is 2.00 bits per heavy atom. The van der Waals surface area contributed by atoms with Crippen molar-refractivity contribution < 1.29 is 13.2 Å². The monoisotopic (exact) mass is 371 g/mol. The molecule has 1 aliphatic heterocycles. The van der Waals surface area contributed by atoms with Crippen molar-refractivity contribution in [3.63, 3.8) is 0 Å². The maximum Gasteiger partial charge on any atom is 0.225 e. The van der Waals surface area contributed by atoms with Gasteiger partial charge in [-0.1, -0.05) is 6.42 Å². The molecule has 3 fully saturated rings. The maximum atomic E-state index is 12.8. The third kappa shape index (κ3) is 4.95. The Morgan fingerprint density at radius 1 is 1.28 bits per heavy atom. The Morgan fingerprint density at radius 3 is 2.60 bits per heavy atom. The zero-order valence-electron chi connectivity index (χ0n) is 15.7. The minimum Gasteiger partial charge on any atom is -0.342 e. The summed E-state index contributed by atoms with van der Waals surface area (Å²) in [5.74, 6) is 1.18. The van der Waals surface area contributed by atoms with Gasteiger partial charge in [-0.25, -0.2) is 13.1 Å². The lowest BCUT2D eigenvalue weighted by Gasteiger charge is -2.54. The van der Waals surface area contributed by atoms with Crippen molar-refractivity contribution in [2.45, 2.75) is 44.9 Å². The fraction of sp³-hybridized carbons (Fsp3) is 0.944. The lowest BCUT2D eigenvalue weighted by atomic mass is 9.51. The van der Waals surface area contributed by atoms with Gasteiger partial charge in [0.2, 0.25) is 15.9 Å². The Labute approximate surface area is 152 Å². The number of hydrogen-bond donors (Lipinski definition) is 1. The Kier molecular flexibility index (Phi) is 5.75. The summed E-state index contributed by atoms with van der Waals surface area (Å²) in [6.07, 6.45) is 9.72. The van der Waals surface area contributed by atoms with E-state index < -0.39 is 10.0 Å². The quantitative estimate of drug-likeness (QED) is 0.732. The molecule has 144 valence electrons. The van der Waals surface area contributed by atoms with Crippen LogP contribution in [0.2, 0.25) is 0 Å². The molecule has 1 heterocycles. The molecule has 1 spiro atoms. The molecule has 0 aromatic carbocycles. The summed E-state index contributed by atoms with van der Waals surface area (Å²) in [6, 6.07) is 0. The third-order valence-corrected chi connectivity index (χ3v) is 7.11. The number of nitrogens with zero attached hydrogens (tertiary/aromatic N) is 2. The molecule has 2 saturated carbocycles. The Balaban J connectivity index is 1.39. The number of amides is 1. The van der Waals surface area contributed by atoms with Crippen LogP contribution in [-0.4, -0.2) is 70.2 Å². The summed E-state index contributed by atoms with van der Waals surface area (Å²) in [4.78, 5) is 17.0. The maximum absolute atomic E-state index is 12.8. The van der Waals surface area contributed by atoms with Gasteiger partial charge in [0.25, 0.3) is 0 Å². The summed E-state index contributed by atoms with van der Waals surface area (Å²) >= 11 is 0. The van der Waals surface area contributed by atoms with Crippen LogP contribution < -0.4 is 4.72 Å². The molecule has 1 unspecified atom stereocenters. The number of hydrogen-bond acceptors (Lipinski definition) is 4. The molecule has 0 aromatic rings. The first-order chi connectivity index (χ1) is 11.8. The van der Waals surface area contributed by atoms with Crippen LogP contribution >= 0.6 is 0 Å². The smallest absolute Gasteiger partial charge is 0.225 e. The van der Waals surface area contributed by atoms with Crippen LogP contribution in [-0.2, 0) is 14.8 Å². The number of rotatable bonds is 7. The Hall–Kier alpha value is -0.660. The van der Waals surface area contributed by atoms with E-state index in [1.165, 1.54) is 25.5 Å². The van der Waals surface area contributed by atoms with Gasteiger partial charge in [-0.15, -0.1) is 0 Å². The van der Waals surface area contributed by atoms with E-state index in [0.717, 1.165) is 45.3 Å². The summed E-state index contributed by atoms with van der Waals surface area (Å²) in [7, 11) is -1.09. The molecule has 1 saturated heterocycles. The average molecular weight is 372 g/mol. The number of nitrogens with one attached hydrogen (secondary N) is 1. The zero-order valence-corrected chi connectivity index (χ0v) is 16.5. The summed E-state index contributed by atoms with van der Waals surface area (Å²) in [5.41, 5.74) is 0.558. The second-order valence-corrected chi connectivity index (χ2v) is 10.5. The molecule has 0 aromatic heterocycles. The van der Waals surface area contributed by atoms with Crippen LogP contribution in [0.25, 0.3) is 0 Å². The average Bonchev–Trinajstić information content (AvgIpc) is 2.43. The summed E-state index contributed by atoms with van der Waals surface area (Å²) in [6.45, 7) is 3.84. The highest BCUT2D eigenvalue weighted by atomic mass is 32.2. The molecule has 1 atom stereocenters. The number of carbonyl (C=O) groups is 1. The first kappa shape index (κ1) is 19.1. The van der Waals surface area contributed by atoms with Crippen LogP contribution in [0.1, 0.15) is 44.9 Å². The van der Waals surface area contributed by atoms with Crippen LogP contribution in [0.4, 0.5) is 0 Å². The van der Waals surface area contributed by atoms with E-state index in [9.17, 15) is 13.2 Å². The van der Waals surface area contributed by atoms with Gasteiger partial charge >= 0.3 is 0 Å². The van der Waals surface area contributed by atoms with Gasteiger partial charge in [0, 0.05) is 38.6 Å². The van der Waals surface area contributed by atoms with Crippen LogP contribution in [0, 0.1) is 17.3 Å². The highest BCUT2D eigenvalue weighted by Gasteiger charge is 2.51. The molecule has 25 heavy (non-hydrogen) atoms. The van der Waals surface area contributed by atoms with Crippen molar-refractivity contribution >= 4 is 15.9 Å². The number of likely N-dealkylation sites (N-methyl/N-ethyl adjacent to an activating group) is 1. The highest BCUT2D eigenvalue weighted by Crippen LogP contribution is 2.59. The lowest BCUT2D eigenvalue weighted by molar-refractivity contribution is -0.149. The van der Waals surface area contributed by atoms with Crippen molar-refractivity contribution in [1.82, 2.24) is 14.5 Å². The zero-order chi connectivity index (χ0) is 18.1. The number of piperidine rings is 1. The molecule has 7 heteroatoms. The first-order valence-corrected chi connectivity index (χ1v) is 11.6. The lowest BCUT2D eigenvalue weighted by Crippen LogP contribution is -2.52. The van der Waals surface area contributed by atoms with Gasteiger partial charge in [0.15, 0.2) is 0 Å². The molecule has 1 N–H and O–H groups in total. The molecule has 0 bridgehead atoms. The Bertz CT molecular complexity index is 580. The van der Waals surface area contributed by atoms with E-state index in [-0.39, 0.29) is 5.92 Å². The van der Waals surface area contributed by atoms with Crippen molar-refractivity contribution in [3.8, 4) is 0 Å². The number of carbonyl (C=O) groups excluding carboxylic acids is 1. The van der Waals surface area contributed by atoms with Gasteiger partial charge in [-0.2, -0.15) is 0 Å². The van der Waals surface area contributed by atoms with E-state index in [1.54, 1.807) is 0 Å². The molecule has 2 aliphatic carbocycles. The van der Waals surface area contributed by atoms with E-state index in [4.69, 9.17) is 0 Å². The van der Waals surface area contributed by atoms with Crippen molar-refractivity contribution in [2.75, 3.05) is 46.0 Å². The SMILES string of the molecule is CN(CCNS(C)(=O)=O)CC1CCCN(C(=O)C2CC3(CCC3)C2)C1. The van der Waals surface area contributed by atoms with Crippen LogP contribution in [0.3, 0.4) is 0 Å². The summed E-state index contributed by atoms with van der Waals surface area (Å²) in [5, 5.41) is 0. The van der Waals surface area contributed by atoms with Crippen LogP contribution in [0.5, 0.6) is 0 Å². The fourth-order valence-corrected chi connectivity index (χ4v) is 5.33. The van der Waals surface area contributed by atoms with Gasteiger partial charge in [-0.05, 0) is 56.9 Å². The fourth-order valence-electron chi connectivity index (χ4n) is 4.87. The molecule has 0 radical (unpaired) electrons. The van der Waals surface area contributed by atoms with Gasteiger partial charge in [-0.3, -0.25) is 4.79 Å². The molecule has 3 rings (SSSR count). The minimum absolute atomic E-state index is 0.288. The van der Waals surface area contributed by atoms with E-state index in [1.807, 2.05) is 7.05 Å². The van der Waals surface area contributed by atoms with Gasteiger partial charge < -0.3 is 9.80 Å². The van der Waals surface area contributed by atoms with Gasteiger partial charge in [0.1, 0.15) is 0 Å². The van der Waals surface area contributed by atoms with Crippen molar-refractivity contribution in [1.29, 1.82) is 0 Å². The normalized spacial score (nSPS) is 26.5. The van der Waals surface area contributed by atoms with E-state index in [0.29, 0.717) is 30.3 Å². The molecular formula is C18H33N3O3S. The van der Waals surface area contributed by atoms with Crippen molar-refractivity contribution in [2.24, 2.45) is 17.3 Å². The first-order valence-electron chi connectivity index (χ1n) is 9.68. The topological polar surface area (TPSA) is 69.7 Å². The highest BCUT2D eigenvalue weighted by molar-refractivity contribution is 7.88. The molecule has 1 amide bonds.